The molecular weight excluding hydrogens is 354 g/mol. The number of nitrogens with one attached hydrogen (secondary N) is 1. The lowest BCUT2D eigenvalue weighted by Crippen LogP contribution is -2.46. The summed E-state index contributed by atoms with van der Waals surface area (Å²) in [5.74, 6) is 0.958. The Morgan fingerprint density at radius 3 is 2.58 bits per heavy atom. The third kappa shape index (κ3) is 4.23. The molecule has 1 aliphatic heterocycles. The van der Waals surface area contributed by atoms with Gasteiger partial charge in [-0.1, -0.05) is 18.5 Å². The van der Waals surface area contributed by atoms with Gasteiger partial charge in [0, 0.05) is 31.2 Å². The largest absolute Gasteiger partial charge is 0.495 e. The minimum atomic E-state index is -0.361. The fraction of sp³-hybridized carbons (Fsp3) is 0.389. The zero-order valence-electron chi connectivity index (χ0n) is 14.9. The average Bonchev–Trinajstić information content (AvgIpc) is 2.68. The molecule has 8 heteroatoms. The lowest BCUT2D eigenvalue weighted by atomic mass is 10.2. The van der Waals surface area contributed by atoms with E-state index >= 15 is 0 Å². The van der Waals surface area contributed by atoms with E-state index in [4.69, 9.17) is 16.3 Å². The summed E-state index contributed by atoms with van der Waals surface area (Å²) in [7, 11) is 1.53. The quantitative estimate of drug-likeness (QED) is 0.866. The first-order valence-corrected chi connectivity index (χ1v) is 8.94. The summed E-state index contributed by atoms with van der Waals surface area (Å²) < 4.78 is 5.23. The number of benzene rings is 1. The summed E-state index contributed by atoms with van der Waals surface area (Å²) in [6, 6.07) is 8.54. The first-order chi connectivity index (χ1) is 12.6. The topological polar surface area (TPSA) is 70.6 Å². The van der Waals surface area contributed by atoms with Crippen LogP contribution >= 0.6 is 11.6 Å². The Morgan fingerprint density at radius 2 is 1.96 bits per heavy atom. The summed E-state index contributed by atoms with van der Waals surface area (Å²) in [6.07, 6.45) is 0. The summed E-state index contributed by atoms with van der Waals surface area (Å²) >= 11 is 5.99. The zero-order valence-corrected chi connectivity index (χ0v) is 15.7. The number of ether oxygens (including phenoxy) is 1. The molecule has 0 bridgehead atoms. The van der Waals surface area contributed by atoms with Crippen molar-refractivity contribution < 1.29 is 9.53 Å². The van der Waals surface area contributed by atoms with Crippen LogP contribution in [0.2, 0.25) is 5.02 Å². The average molecular weight is 376 g/mol. The van der Waals surface area contributed by atoms with Crippen LogP contribution in [0, 0.1) is 0 Å². The van der Waals surface area contributed by atoms with Crippen LogP contribution in [0.5, 0.6) is 5.75 Å². The molecule has 7 nitrogen and oxygen atoms in total. The number of hydrogen-bond acceptors (Lipinski definition) is 6. The molecular formula is C18H22ClN5O2. The molecule has 1 amide bonds. The van der Waals surface area contributed by atoms with Crippen LogP contribution in [0.4, 0.5) is 11.5 Å². The minimum Gasteiger partial charge on any atom is -0.495 e. The van der Waals surface area contributed by atoms with Gasteiger partial charge in [-0.3, -0.25) is 4.79 Å². The van der Waals surface area contributed by atoms with Crippen LogP contribution in [0.3, 0.4) is 0 Å². The standard InChI is InChI=1S/C18H22ClN5O2/c1-3-23-8-10-24(11-9-23)17-7-5-14(21-22-17)18(25)20-15-12-13(19)4-6-16(15)26-2/h4-7,12H,3,8-11H2,1-2H3,(H,20,25). The van der Waals surface area contributed by atoms with Crippen molar-refractivity contribution in [2.75, 3.05) is 50.1 Å². The van der Waals surface area contributed by atoms with Crippen molar-refractivity contribution in [3.8, 4) is 5.75 Å². The summed E-state index contributed by atoms with van der Waals surface area (Å²) in [4.78, 5) is 17.0. The summed E-state index contributed by atoms with van der Waals surface area (Å²) in [5.41, 5.74) is 0.731. The number of amides is 1. The number of likely N-dealkylation sites (N-methyl/N-ethyl adjacent to an activating group) is 1. The third-order valence-corrected chi connectivity index (χ3v) is 4.67. The van der Waals surface area contributed by atoms with Crippen LogP contribution in [0.25, 0.3) is 0 Å². The summed E-state index contributed by atoms with van der Waals surface area (Å²) in [6.45, 7) is 7.06. The molecule has 1 aromatic heterocycles. The lowest BCUT2D eigenvalue weighted by molar-refractivity contribution is 0.102. The van der Waals surface area contributed by atoms with Crippen molar-refractivity contribution in [3.63, 3.8) is 0 Å². The van der Waals surface area contributed by atoms with Gasteiger partial charge in [0.2, 0.25) is 0 Å². The molecule has 138 valence electrons. The number of halogens is 1. The van der Waals surface area contributed by atoms with Gasteiger partial charge in [-0.05, 0) is 36.9 Å². The van der Waals surface area contributed by atoms with E-state index in [1.165, 1.54) is 7.11 Å². The van der Waals surface area contributed by atoms with Crippen LogP contribution < -0.4 is 15.0 Å². The minimum absolute atomic E-state index is 0.239. The number of rotatable bonds is 5. The second kappa shape index (κ2) is 8.33. The first-order valence-electron chi connectivity index (χ1n) is 8.56. The van der Waals surface area contributed by atoms with E-state index in [1.807, 2.05) is 6.07 Å². The number of piperazine rings is 1. The summed E-state index contributed by atoms with van der Waals surface area (Å²) in [5, 5.41) is 11.6. The second-order valence-corrected chi connectivity index (χ2v) is 6.43. The molecule has 1 N–H and O–H groups in total. The highest BCUT2D eigenvalue weighted by Crippen LogP contribution is 2.28. The number of aromatic nitrogens is 2. The third-order valence-electron chi connectivity index (χ3n) is 4.44. The van der Waals surface area contributed by atoms with E-state index in [0.29, 0.717) is 16.5 Å². The van der Waals surface area contributed by atoms with Gasteiger partial charge < -0.3 is 19.9 Å². The molecule has 0 spiro atoms. The molecule has 0 aliphatic carbocycles. The van der Waals surface area contributed by atoms with Crippen LogP contribution in [-0.4, -0.2) is 60.8 Å². The predicted molar refractivity (Wildman–Crippen MR) is 102 cm³/mol. The fourth-order valence-electron chi connectivity index (χ4n) is 2.87. The van der Waals surface area contributed by atoms with Crippen LogP contribution in [-0.2, 0) is 0 Å². The highest BCUT2D eigenvalue weighted by atomic mass is 35.5. The van der Waals surface area contributed by atoms with E-state index in [-0.39, 0.29) is 11.6 Å². The molecule has 0 unspecified atom stereocenters. The number of carbonyl (C=O) groups is 1. The van der Waals surface area contributed by atoms with Gasteiger partial charge in [0.15, 0.2) is 11.5 Å². The molecule has 1 fully saturated rings. The van der Waals surface area contributed by atoms with E-state index in [1.54, 1.807) is 24.3 Å². The molecule has 1 aromatic carbocycles. The molecule has 2 heterocycles. The lowest BCUT2D eigenvalue weighted by Gasteiger charge is -2.34. The number of carbonyl (C=O) groups excluding carboxylic acids is 1. The van der Waals surface area contributed by atoms with Crippen molar-refractivity contribution in [3.05, 3.63) is 41.0 Å². The molecule has 0 radical (unpaired) electrons. The Kier molecular flexibility index (Phi) is 5.90. The smallest absolute Gasteiger partial charge is 0.276 e. The van der Waals surface area contributed by atoms with Crippen LogP contribution in [0.1, 0.15) is 17.4 Å². The number of hydrogen-bond donors (Lipinski definition) is 1. The molecule has 1 saturated heterocycles. The Hall–Kier alpha value is -2.38. The highest BCUT2D eigenvalue weighted by molar-refractivity contribution is 6.31. The van der Waals surface area contributed by atoms with Gasteiger partial charge in [0.25, 0.3) is 5.91 Å². The Balaban J connectivity index is 1.67. The van der Waals surface area contributed by atoms with E-state index < -0.39 is 0 Å². The maximum atomic E-state index is 12.4. The van der Waals surface area contributed by atoms with Crippen molar-refractivity contribution in [1.82, 2.24) is 15.1 Å². The van der Waals surface area contributed by atoms with Crippen molar-refractivity contribution in [1.29, 1.82) is 0 Å². The Bertz CT molecular complexity index is 761. The molecule has 0 atom stereocenters. The van der Waals surface area contributed by atoms with Gasteiger partial charge in [0.05, 0.1) is 12.8 Å². The molecule has 1 aliphatic rings. The predicted octanol–water partition coefficient (Wildman–Crippen LogP) is 2.53. The molecule has 26 heavy (non-hydrogen) atoms. The van der Waals surface area contributed by atoms with E-state index in [9.17, 15) is 4.79 Å². The van der Waals surface area contributed by atoms with Crippen molar-refractivity contribution in [2.45, 2.75) is 6.92 Å². The highest BCUT2D eigenvalue weighted by Gasteiger charge is 2.18. The molecule has 2 aromatic rings. The Labute approximate surface area is 157 Å². The van der Waals surface area contributed by atoms with Crippen molar-refractivity contribution >= 4 is 29.0 Å². The number of anilines is 2. The van der Waals surface area contributed by atoms with Gasteiger partial charge in [0.1, 0.15) is 5.75 Å². The fourth-order valence-corrected chi connectivity index (χ4v) is 3.04. The van der Waals surface area contributed by atoms with Gasteiger partial charge in [-0.2, -0.15) is 0 Å². The first kappa shape index (κ1) is 18.4. The maximum absolute atomic E-state index is 12.4. The van der Waals surface area contributed by atoms with Gasteiger partial charge >= 0.3 is 0 Å². The van der Waals surface area contributed by atoms with Gasteiger partial charge in [-0.15, -0.1) is 10.2 Å². The Morgan fingerprint density at radius 1 is 1.19 bits per heavy atom. The zero-order chi connectivity index (χ0) is 18.5. The monoisotopic (exact) mass is 375 g/mol. The number of nitrogens with zero attached hydrogens (tertiary/aromatic N) is 4. The van der Waals surface area contributed by atoms with E-state index in [0.717, 1.165) is 38.5 Å². The van der Waals surface area contributed by atoms with Crippen LogP contribution in [0.15, 0.2) is 30.3 Å². The molecule has 0 saturated carbocycles. The molecule has 3 rings (SSSR count). The maximum Gasteiger partial charge on any atom is 0.276 e. The number of methoxy groups -OCH3 is 1. The van der Waals surface area contributed by atoms with E-state index in [2.05, 4.69) is 32.2 Å². The SMILES string of the molecule is CCN1CCN(c2ccc(C(=O)Nc3cc(Cl)ccc3OC)nn2)CC1. The van der Waals surface area contributed by atoms with Crippen molar-refractivity contribution in [2.24, 2.45) is 0 Å². The normalized spacial score (nSPS) is 15.0. The van der Waals surface area contributed by atoms with Gasteiger partial charge in [-0.25, -0.2) is 0 Å². The second-order valence-electron chi connectivity index (χ2n) is 6.00.